The number of alkyl halides is 3. The third-order valence-electron chi connectivity index (χ3n) is 3.91. The van der Waals surface area contributed by atoms with E-state index in [9.17, 15) is 33.0 Å². The van der Waals surface area contributed by atoms with Gasteiger partial charge in [0.1, 0.15) is 11.8 Å². The van der Waals surface area contributed by atoms with Crippen LogP contribution in [0.25, 0.3) is 0 Å². The average molecular weight is 345 g/mol. The van der Waals surface area contributed by atoms with Gasteiger partial charge in [0.2, 0.25) is 0 Å². The molecule has 2 atom stereocenters. The molecule has 1 heterocycles. The molecule has 0 spiro atoms. The van der Waals surface area contributed by atoms with Crippen LogP contribution in [-0.4, -0.2) is 35.9 Å². The highest BCUT2D eigenvalue weighted by molar-refractivity contribution is 5.69. The number of carbonyl (C=O) groups is 2. The molecule has 1 aromatic rings. The minimum atomic E-state index is -4.79. The minimum Gasteiger partial charge on any atom is -0.550 e. The van der Waals surface area contributed by atoms with Gasteiger partial charge in [-0.1, -0.05) is 12.1 Å². The number of carboxylic acids is 1. The number of benzene rings is 1. The number of piperidine rings is 1. The van der Waals surface area contributed by atoms with Gasteiger partial charge in [-0.05, 0) is 37.0 Å². The number of carbonyl (C=O) groups excluding carboxylic acids is 2. The lowest BCUT2D eigenvalue weighted by atomic mass is 9.88. The minimum absolute atomic E-state index is 0.0148. The molecule has 24 heavy (non-hydrogen) atoms. The summed E-state index contributed by atoms with van der Waals surface area (Å²) in [6.45, 7) is 0.0148. The van der Waals surface area contributed by atoms with E-state index in [1.807, 2.05) is 0 Å². The molecule has 1 aromatic carbocycles. The van der Waals surface area contributed by atoms with Gasteiger partial charge in [-0.3, -0.25) is 0 Å². The van der Waals surface area contributed by atoms with Crippen molar-refractivity contribution in [3.63, 3.8) is 0 Å². The maximum absolute atomic E-state index is 12.1. The number of likely N-dealkylation sites (tertiary alicyclic amines) is 1. The average Bonchev–Trinajstić information content (AvgIpc) is 2.47. The predicted molar refractivity (Wildman–Crippen MR) is 70.5 cm³/mol. The van der Waals surface area contributed by atoms with Gasteiger partial charge in [0.25, 0.3) is 0 Å². The van der Waals surface area contributed by atoms with Gasteiger partial charge < -0.3 is 29.4 Å². The Morgan fingerprint density at radius 1 is 1.21 bits per heavy atom. The van der Waals surface area contributed by atoms with Gasteiger partial charge in [0, 0.05) is 24.5 Å². The summed E-state index contributed by atoms with van der Waals surface area (Å²) in [4.78, 5) is 23.2. The van der Waals surface area contributed by atoms with Gasteiger partial charge >= 0.3 is 6.36 Å². The van der Waals surface area contributed by atoms with Crippen molar-refractivity contribution in [3.05, 3.63) is 29.8 Å². The van der Waals surface area contributed by atoms with Crippen molar-refractivity contribution in [1.29, 1.82) is 0 Å². The molecule has 1 aliphatic heterocycles. The summed E-state index contributed by atoms with van der Waals surface area (Å²) < 4.78 is 40.1. The van der Waals surface area contributed by atoms with E-state index in [0.717, 1.165) is 17.0 Å². The maximum Gasteiger partial charge on any atom is 0.573 e. The predicted octanol–water partition coefficient (Wildman–Crippen LogP) is 0.302. The first-order valence-corrected chi connectivity index (χ1v) is 7.19. The van der Waals surface area contributed by atoms with Gasteiger partial charge in [0.15, 0.2) is 0 Å². The first-order valence-electron chi connectivity index (χ1n) is 7.19. The van der Waals surface area contributed by atoms with Crippen LogP contribution in [0.3, 0.4) is 0 Å². The summed E-state index contributed by atoms with van der Waals surface area (Å²) in [5.74, 6) is -2.40. The summed E-state index contributed by atoms with van der Waals surface area (Å²) >= 11 is 0. The lowest BCUT2D eigenvalue weighted by Crippen LogP contribution is -2.54. The highest BCUT2D eigenvalue weighted by Gasteiger charge is 2.31. The molecule has 1 aliphatic rings. The van der Waals surface area contributed by atoms with Crippen molar-refractivity contribution < 1.29 is 37.7 Å². The smallest absolute Gasteiger partial charge is 0.550 e. The summed E-state index contributed by atoms with van der Waals surface area (Å²) in [6.07, 6.45) is -5.83. The van der Waals surface area contributed by atoms with E-state index >= 15 is 0 Å². The van der Waals surface area contributed by atoms with E-state index in [2.05, 4.69) is 4.74 Å². The fraction of sp³-hybridized carbons (Fsp3) is 0.467. The fourth-order valence-corrected chi connectivity index (χ4v) is 2.80. The Hall–Kier alpha value is -2.45. The number of ether oxygens (including phenoxy) is 1. The molecule has 0 radical (unpaired) electrons. The van der Waals surface area contributed by atoms with Crippen LogP contribution in [0.4, 0.5) is 18.0 Å². The Kier molecular flexibility index (Phi) is 5.20. The molecule has 132 valence electrons. The quantitative estimate of drug-likeness (QED) is 0.783. The molecule has 6 nitrogen and oxygen atoms in total. The van der Waals surface area contributed by atoms with E-state index in [1.165, 1.54) is 12.1 Å². The maximum atomic E-state index is 12.1. The first kappa shape index (κ1) is 17.9. The molecule has 1 amide bonds. The number of carboxylic acid groups (broad SMARTS) is 2. The summed E-state index contributed by atoms with van der Waals surface area (Å²) in [7, 11) is 0. The van der Waals surface area contributed by atoms with Crippen molar-refractivity contribution in [2.24, 2.45) is 5.92 Å². The Labute approximate surface area is 135 Å². The van der Waals surface area contributed by atoms with Gasteiger partial charge in [-0.2, -0.15) is 0 Å². The molecule has 2 unspecified atom stereocenters. The summed E-state index contributed by atoms with van der Waals surface area (Å²) in [6, 6.07) is 4.34. The molecule has 9 heteroatoms. The molecule has 0 N–H and O–H groups in total. The summed E-state index contributed by atoms with van der Waals surface area (Å²) in [5.41, 5.74) is 0.555. The number of nitrogens with zero attached hydrogens (tertiary/aromatic N) is 1. The van der Waals surface area contributed by atoms with Crippen LogP contribution >= 0.6 is 0 Å². The van der Waals surface area contributed by atoms with E-state index in [0.29, 0.717) is 5.56 Å². The highest BCUT2D eigenvalue weighted by Crippen LogP contribution is 2.27. The van der Waals surface area contributed by atoms with Gasteiger partial charge in [0.05, 0.1) is 0 Å². The van der Waals surface area contributed by atoms with Crippen molar-refractivity contribution >= 4 is 12.1 Å². The second-order valence-corrected chi connectivity index (χ2v) is 5.55. The zero-order valence-electron chi connectivity index (χ0n) is 12.4. The van der Waals surface area contributed by atoms with Crippen molar-refractivity contribution in [3.8, 4) is 5.75 Å². The zero-order valence-corrected chi connectivity index (χ0v) is 12.4. The lowest BCUT2D eigenvalue weighted by Gasteiger charge is -2.41. The molecule has 1 saturated heterocycles. The second-order valence-electron chi connectivity index (χ2n) is 5.55. The van der Waals surface area contributed by atoms with Crippen molar-refractivity contribution in [1.82, 2.24) is 4.90 Å². The van der Waals surface area contributed by atoms with E-state index in [4.69, 9.17) is 0 Å². The normalized spacial score (nSPS) is 21.4. The standard InChI is InChI=1S/C15H16F3NO5/c16-15(17,18)24-12-3-1-9(2-4-12)7-11-8-10(13(20)21)5-6-19(11)14(22)23/h1-4,10-11H,5-8H2,(H,20,21)(H,22,23)/p-2. The number of hydrogen-bond acceptors (Lipinski definition) is 5. The van der Waals surface area contributed by atoms with E-state index in [-0.39, 0.29) is 31.6 Å². The molecule has 0 saturated carbocycles. The Bertz CT molecular complexity index is 602. The molecule has 2 rings (SSSR count). The SMILES string of the molecule is O=C([O-])C1CCN(C(=O)[O-])C(Cc2ccc(OC(F)(F)F)cc2)C1. The highest BCUT2D eigenvalue weighted by atomic mass is 19.4. The molecule has 0 bridgehead atoms. The molecular weight excluding hydrogens is 331 g/mol. The molecule has 0 aromatic heterocycles. The monoisotopic (exact) mass is 345 g/mol. The van der Waals surface area contributed by atoms with Crippen LogP contribution in [0.5, 0.6) is 5.75 Å². The second kappa shape index (κ2) is 6.98. The zero-order chi connectivity index (χ0) is 17.9. The van der Waals surface area contributed by atoms with E-state index in [1.54, 1.807) is 0 Å². The molecule has 0 aliphatic carbocycles. The Morgan fingerprint density at radius 3 is 2.33 bits per heavy atom. The van der Waals surface area contributed by atoms with Gasteiger partial charge in [-0.25, -0.2) is 0 Å². The number of hydrogen-bond donors (Lipinski definition) is 0. The largest absolute Gasteiger partial charge is 0.573 e. The number of halogens is 3. The number of rotatable bonds is 4. The third kappa shape index (κ3) is 4.77. The number of aliphatic carboxylic acids is 1. The first-order chi connectivity index (χ1) is 11.2. The fourth-order valence-electron chi connectivity index (χ4n) is 2.80. The van der Waals surface area contributed by atoms with Crippen molar-refractivity contribution in [2.45, 2.75) is 31.7 Å². The van der Waals surface area contributed by atoms with Crippen LogP contribution in [0.15, 0.2) is 24.3 Å². The Balaban J connectivity index is 2.08. The van der Waals surface area contributed by atoms with Gasteiger partial charge in [-0.15, -0.1) is 13.2 Å². The van der Waals surface area contributed by atoms with Crippen LogP contribution < -0.4 is 14.9 Å². The molecule has 1 fully saturated rings. The van der Waals surface area contributed by atoms with Crippen LogP contribution in [0.1, 0.15) is 18.4 Å². The van der Waals surface area contributed by atoms with E-state index < -0.39 is 30.4 Å². The third-order valence-corrected chi connectivity index (χ3v) is 3.91. The topological polar surface area (TPSA) is 92.7 Å². The van der Waals surface area contributed by atoms with Crippen LogP contribution in [0.2, 0.25) is 0 Å². The van der Waals surface area contributed by atoms with Crippen LogP contribution in [0, 0.1) is 5.92 Å². The molecular formula is C15H14F3NO5-2. The summed E-state index contributed by atoms with van der Waals surface area (Å²) in [5, 5.41) is 22.1. The lowest BCUT2D eigenvalue weighted by molar-refractivity contribution is -0.314. The van der Waals surface area contributed by atoms with Crippen LogP contribution in [-0.2, 0) is 11.2 Å². The Morgan fingerprint density at radius 2 is 1.83 bits per heavy atom. The van der Waals surface area contributed by atoms with Crippen molar-refractivity contribution in [2.75, 3.05) is 6.54 Å². The number of amides is 1.